The van der Waals surface area contributed by atoms with Crippen molar-refractivity contribution in [2.75, 3.05) is 7.05 Å². The van der Waals surface area contributed by atoms with Crippen molar-refractivity contribution < 1.29 is 9.21 Å². The molecule has 1 heterocycles. The largest absolute Gasteiger partial charge is 0.447 e. The van der Waals surface area contributed by atoms with E-state index in [0.717, 1.165) is 18.7 Å². The zero-order chi connectivity index (χ0) is 23.9. The molecule has 0 bridgehead atoms. The first-order chi connectivity index (χ1) is 16.5. The van der Waals surface area contributed by atoms with Gasteiger partial charge in [0.05, 0.1) is 6.54 Å². The Kier molecular flexibility index (Phi) is 7.55. The van der Waals surface area contributed by atoms with Crippen LogP contribution in [-0.4, -0.2) is 27.7 Å². The van der Waals surface area contributed by atoms with Crippen LogP contribution in [0.2, 0.25) is 0 Å². The van der Waals surface area contributed by atoms with Crippen molar-refractivity contribution in [2.24, 2.45) is 0 Å². The Morgan fingerprint density at radius 3 is 2.12 bits per heavy atom. The molecule has 4 rings (SSSR count). The molecule has 4 aromatic rings. The lowest BCUT2D eigenvalue weighted by Gasteiger charge is -2.22. The van der Waals surface area contributed by atoms with E-state index in [9.17, 15) is 4.79 Å². The van der Waals surface area contributed by atoms with Gasteiger partial charge in [0.2, 0.25) is 5.89 Å². The summed E-state index contributed by atoms with van der Waals surface area (Å²) in [7, 11) is 1.78. The second kappa shape index (κ2) is 10.9. The highest BCUT2D eigenvalue weighted by Crippen LogP contribution is 2.18. The Hall–Kier alpha value is -3.70. The molecule has 0 N–H and O–H groups in total. The smallest absolute Gasteiger partial charge is 0.275 e. The van der Waals surface area contributed by atoms with Gasteiger partial charge >= 0.3 is 0 Å². The number of benzene rings is 3. The number of aromatic nitrogens is 1. The molecule has 0 aliphatic carbocycles. The summed E-state index contributed by atoms with van der Waals surface area (Å²) < 4.78 is 5.74. The Bertz CT molecular complexity index is 1220. The highest BCUT2D eigenvalue weighted by Gasteiger charge is 2.19. The zero-order valence-electron chi connectivity index (χ0n) is 20.1. The van der Waals surface area contributed by atoms with Crippen LogP contribution >= 0.6 is 0 Å². The first-order valence-corrected chi connectivity index (χ1v) is 11.5. The van der Waals surface area contributed by atoms with Crippen LogP contribution < -0.4 is 0 Å². The van der Waals surface area contributed by atoms with Crippen molar-refractivity contribution in [1.29, 1.82) is 0 Å². The van der Waals surface area contributed by atoms with E-state index in [-0.39, 0.29) is 5.91 Å². The second-order valence-corrected chi connectivity index (χ2v) is 8.83. The average molecular weight is 454 g/mol. The molecule has 0 saturated heterocycles. The number of oxazole rings is 1. The summed E-state index contributed by atoms with van der Waals surface area (Å²) in [6.45, 7) is 6.81. The minimum atomic E-state index is -0.150. The summed E-state index contributed by atoms with van der Waals surface area (Å²) in [4.78, 5) is 21.4. The maximum atomic E-state index is 12.9. The van der Waals surface area contributed by atoms with Gasteiger partial charge in [0.25, 0.3) is 5.91 Å². The summed E-state index contributed by atoms with van der Waals surface area (Å²) in [6.07, 6.45) is 1.47. The third-order valence-corrected chi connectivity index (χ3v) is 5.88. The molecule has 0 aliphatic rings. The predicted molar refractivity (Wildman–Crippen MR) is 134 cm³/mol. The highest BCUT2D eigenvalue weighted by atomic mass is 16.3. The molecule has 5 heteroatoms. The molecule has 5 nitrogen and oxygen atoms in total. The van der Waals surface area contributed by atoms with E-state index in [0.29, 0.717) is 24.7 Å². The van der Waals surface area contributed by atoms with Gasteiger partial charge in [-0.3, -0.25) is 9.69 Å². The molecule has 0 saturated carbocycles. The fourth-order valence-corrected chi connectivity index (χ4v) is 4.07. The van der Waals surface area contributed by atoms with Crippen molar-refractivity contribution in [2.45, 2.75) is 40.0 Å². The molecule has 1 aromatic heterocycles. The molecular formula is C29H31N3O2. The van der Waals surface area contributed by atoms with Crippen LogP contribution in [0.4, 0.5) is 0 Å². The number of hydrogen-bond acceptors (Lipinski definition) is 4. The first-order valence-electron chi connectivity index (χ1n) is 11.5. The Labute approximate surface area is 201 Å². The maximum Gasteiger partial charge on any atom is 0.275 e. The van der Waals surface area contributed by atoms with Gasteiger partial charge in [-0.1, -0.05) is 84.4 Å². The fourth-order valence-electron chi connectivity index (χ4n) is 4.07. The molecule has 0 fully saturated rings. The van der Waals surface area contributed by atoms with Crippen molar-refractivity contribution in [3.05, 3.63) is 125 Å². The minimum Gasteiger partial charge on any atom is -0.447 e. The third kappa shape index (κ3) is 6.21. The van der Waals surface area contributed by atoms with E-state index in [1.165, 1.54) is 28.5 Å². The van der Waals surface area contributed by atoms with Gasteiger partial charge in [0.1, 0.15) is 6.26 Å². The molecule has 3 aromatic carbocycles. The first kappa shape index (κ1) is 23.5. The van der Waals surface area contributed by atoms with Crippen LogP contribution in [0.15, 0.2) is 89.5 Å². The lowest BCUT2D eigenvalue weighted by atomic mass is 10.0. The number of hydrogen-bond donors (Lipinski definition) is 0. The lowest BCUT2D eigenvalue weighted by molar-refractivity contribution is 0.0779. The van der Waals surface area contributed by atoms with Gasteiger partial charge in [-0.05, 0) is 36.1 Å². The molecular weight excluding hydrogens is 422 g/mol. The fraction of sp³-hybridized carbons (Fsp3) is 0.241. The SMILES string of the molecule is Cc1ccc(CN(Cc2ccccc2)Cc2nc(C(=O)N(C)Cc3ccccc3)co2)c(C)c1. The van der Waals surface area contributed by atoms with E-state index in [4.69, 9.17) is 4.42 Å². The Morgan fingerprint density at radius 2 is 1.47 bits per heavy atom. The van der Waals surface area contributed by atoms with Gasteiger partial charge in [-0.2, -0.15) is 0 Å². The van der Waals surface area contributed by atoms with Gasteiger partial charge < -0.3 is 9.32 Å². The van der Waals surface area contributed by atoms with Crippen LogP contribution in [0, 0.1) is 13.8 Å². The molecule has 174 valence electrons. The second-order valence-electron chi connectivity index (χ2n) is 8.83. The molecule has 0 unspecified atom stereocenters. The average Bonchev–Trinajstić information content (AvgIpc) is 3.30. The number of amides is 1. The number of carbonyl (C=O) groups is 1. The zero-order valence-corrected chi connectivity index (χ0v) is 20.1. The summed E-state index contributed by atoms with van der Waals surface area (Å²) in [5.74, 6) is 0.389. The summed E-state index contributed by atoms with van der Waals surface area (Å²) in [5, 5.41) is 0. The van der Waals surface area contributed by atoms with Gasteiger partial charge in [-0.15, -0.1) is 0 Å². The van der Waals surface area contributed by atoms with E-state index in [2.05, 4.69) is 66.2 Å². The highest BCUT2D eigenvalue weighted by molar-refractivity contribution is 5.91. The lowest BCUT2D eigenvalue weighted by Crippen LogP contribution is -2.27. The topological polar surface area (TPSA) is 49.6 Å². The van der Waals surface area contributed by atoms with Crippen LogP contribution in [-0.2, 0) is 26.2 Å². The van der Waals surface area contributed by atoms with Crippen molar-refractivity contribution in [3.8, 4) is 0 Å². The predicted octanol–water partition coefficient (Wildman–Crippen LogP) is 5.77. The summed E-state index contributed by atoms with van der Waals surface area (Å²) in [5.41, 5.74) is 6.42. The molecule has 1 amide bonds. The summed E-state index contributed by atoms with van der Waals surface area (Å²) in [6, 6.07) is 26.8. The number of aryl methyl sites for hydroxylation is 2. The molecule has 0 spiro atoms. The monoisotopic (exact) mass is 453 g/mol. The molecule has 0 radical (unpaired) electrons. The van der Waals surface area contributed by atoms with Crippen LogP contribution in [0.25, 0.3) is 0 Å². The maximum absolute atomic E-state index is 12.9. The van der Waals surface area contributed by atoms with E-state index < -0.39 is 0 Å². The Balaban J connectivity index is 1.48. The van der Waals surface area contributed by atoms with E-state index in [1.807, 2.05) is 36.4 Å². The normalized spacial score (nSPS) is 11.1. The van der Waals surface area contributed by atoms with Gasteiger partial charge in [0.15, 0.2) is 5.69 Å². The van der Waals surface area contributed by atoms with Crippen molar-refractivity contribution in [1.82, 2.24) is 14.8 Å². The standard InChI is InChI=1S/C29H31N3O2/c1-22-14-15-26(23(2)16-22)19-32(18-25-12-8-5-9-13-25)20-28-30-27(21-34-28)29(33)31(3)17-24-10-6-4-7-11-24/h4-16,21H,17-20H2,1-3H3. The quantitative estimate of drug-likeness (QED) is 0.323. The minimum absolute atomic E-state index is 0.150. The van der Waals surface area contributed by atoms with Gasteiger partial charge in [-0.25, -0.2) is 4.98 Å². The van der Waals surface area contributed by atoms with Crippen LogP contribution in [0.5, 0.6) is 0 Å². The number of nitrogens with zero attached hydrogens (tertiary/aromatic N) is 3. The Morgan fingerprint density at radius 1 is 0.824 bits per heavy atom. The molecule has 34 heavy (non-hydrogen) atoms. The number of carbonyl (C=O) groups excluding carboxylic acids is 1. The number of rotatable bonds is 9. The van der Waals surface area contributed by atoms with Crippen molar-refractivity contribution >= 4 is 5.91 Å². The van der Waals surface area contributed by atoms with E-state index in [1.54, 1.807) is 11.9 Å². The third-order valence-electron chi connectivity index (χ3n) is 5.88. The summed E-state index contributed by atoms with van der Waals surface area (Å²) >= 11 is 0. The molecule has 0 aliphatic heterocycles. The van der Waals surface area contributed by atoms with E-state index >= 15 is 0 Å². The van der Waals surface area contributed by atoms with Crippen LogP contribution in [0.1, 0.15) is 44.2 Å². The van der Waals surface area contributed by atoms with Crippen LogP contribution in [0.3, 0.4) is 0 Å². The van der Waals surface area contributed by atoms with Gasteiger partial charge in [0, 0.05) is 26.7 Å². The van der Waals surface area contributed by atoms with Crippen molar-refractivity contribution in [3.63, 3.8) is 0 Å². The molecule has 0 atom stereocenters.